The zero-order valence-electron chi connectivity index (χ0n) is 17.9. The van der Waals surface area contributed by atoms with Crippen LogP contribution in [0.5, 0.6) is 11.5 Å². The second-order valence-electron chi connectivity index (χ2n) is 7.41. The Bertz CT molecular complexity index is 1340. The van der Waals surface area contributed by atoms with E-state index in [1.807, 2.05) is 24.3 Å². The molecule has 0 radical (unpaired) electrons. The first-order valence-corrected chi connectivity index (χ1v) is 10.2. The van der Waals surface area contributed by atoms with Crippen LogP contribution in [0.15, 0.2) is 78.9 Å². The van der Waals surface area contributed by atoms with E-state index in [9.17, 15) is 17.6 Å². The fourth-order valence-electron chi connectivity index (χ4n) is 3.38. The number of nitriles is 1. The normalized spacial score (nSPS) is 11.5. The molecule has 0 bridgehead atoms. The molecule has 7 heteroatoms. The first kappa shape index (κ1) is 22.9. The predicted octanol–water partition coefficient (Wildman–Crippen LogP) is 7.25. The molecule has 1 unspecified atom stereocenters. The van der Waals surface area contributed by atoms with E-state index in [0.29, 0.717) is 11.3 Å². The molecular weight excluding hydrogens is 446 g/mol. The molecule has 0 saturated carbocycles. The summed E-state index contributed by atoms with van der Waals surface area (Å²) in [5, 5.41) is 8.90. The molecule has 0 aliphatic heterocycles. The predicted molar refractivity (Wildman–Crippen MR) is 119 cm³/mol. The first-order valence-electron chi connectivity index (χ1n) is 10.2. The molecule has 4 aromatic carbocycles. The van der Waals surface area contributed by atoms with Gasteiger partial charge < -0.3 is 9.47 Å². The van der Waals surface area contributed by atoms with Crippen molar-refractivity contribution in [1.82, 2.24) is 0 Å². The number of rotatable bonds is 6. The molecule has 0 aliphatic carbocycles. The van der Waals surface area contributed by atoms with E-state index in [0.717, 1.165) is 29.3 Å². The molecular formula is C27H17F4NO2. The monoisotopic (exact) mass is 463 g/mol. The highest BCUT2D eigenvalue weighted by molar-refractivity contribution is 5.66. The lowest BCUT2D eigenvalue weighted by atomic mass is 10.0. The van der Waals surface area contributed by atoms with Crippen LogP contribution in [0.2, 0.25) is 0 Å². The third-order valence-corrected chi connectivity index (χ3v) is 5.04. The van der Waals surface area contributed by atoms with Gasteiger partial charge in [0, 0.05) is 18.6 Å². The number of ether oxygens (including phenoxy) is 2. The number of hydrogen-bond donors (Lipinski definition) is 0. The Labute approximate surface area is 193 Å². The van der Waals surface area contributed by atoms with Gasteiger partial charge >= 0.3 is 0 Å². The standard InChI is InChI=1S/C27H17F4NO2/c1-16(33-21-8-6-19(7-9-21)18-4-2-17(15-32)3-5-18)34-22-10-11-23(24(28)14-22)20-12-25(29)27(31)26(30)13-20/h2-14,16H,1H3. The van der Waals surface area contributed by atoms with Crippen LogP contribution in [-0.2, 0) is 0 Å². The van der Waals surface area contributed by atoms with Gasteiger partial charge in [-0.05, 0) is 65.2 Å². The van der Waals surface area contributed by atoms with E-state index in [1.54, 1.807) is 31.2 Å². The van der Waals surface area contributed by atoms with Crippen molar-refractivity contribution in [3.8, 4) is 39.8 Å². The van der Waals surface area contributed by atoms with Crippen LogP contribution in [0.25, 0.3) is 22.3 Å². The molecule has 170 valence electrons. The van der Waals surface area contributed by atoms with Crippen molar-refractivity contribution in [2.75, 3.05) is 0 Å². The average molecular weight is 463 g/mol. The van der Waals surface area contributed by atoms with Crippen LogP contribution in [0.1, 0.15) is 12.5 Å². The van der Waals surface area contributed by atoms with Crippen molar-refractivity contribution in [3.05, 3.63) is 108 Å². The molecule has 34 heavy (non-hydrogen) atoms. The molecule has 0 N–H and O–H groups in total. The molecule has 0 spiro atoms. The summed E-state index contributed by atoms with van der Waals surface area (Å²) in [5.41, 5.74) is 2.24. The number of nitrogens with zero attached hydrogens (tertiary/aromatic N) is 1. The van der Waals surface area contributed by atoms with Gasteiger partial charge in [-0.25, -0.2) is 17.6 Å². The van der Waals surface area contributed by atoms with Gasteiger partial charge in [0.25, 0.3) is 0 Å². The average Bonchev–Trinajstić information content (AvgIpc) is 2.83. The van der Waals surface area contributed by atoms with Crippen LogP contribution < -0.4 is 9.47 Å². The highest BCUT2D eigenvalue weighted by Gasteiger charge is 2.15. The van der Waals surface area contributed by atoms with E-state index in [2.05, 4.69) is 6.07 Å². The lowest BCUT2D eigenvalue weighted by Gasteiger charge is -2.17. The second-order valence-corrected chi connectivity index (χ2v) is 7.41. The highest BCUT2D eigenvalue weighted by Crippen LogP contribution is 2.29. The molecule has 3 nitrogen and oxygen atoms in total. The third-order valence-electron chi connectivity index (χ3n) is 5.04. The van der Waals surface area contributed by atoms with Gasteiger partial charge in [-0.15, -0.1) is 0 Å². The number of benzene rings is 4. The Balaban J connectivity index is 1.42. The SMILES string of the molecule is CC(Oc1ccc(-c2ccc(C#N)cc2)cc1)Oc1ccc(-c2cc(F)c(F)c(F)c2)c(F)c1. The molecule has 0 amide bonds. The summed E-state index contributed by atoms with van der Waals surface area (Å²) in [6, 6.07) is 21.7. The molecule has 0 heterocycles. The minimum atomic E-state index is -1.61. The fourth-order valence-corrected chi connectivity index (χ4v) is 3.38. The maximum absolute atomic E-state index is 14.6. The van der Waals surface area contributed by atoms with Gasteiger partial charge in [0.15, 0.2) is 17.5 Å². The van der Waals surface area contributed by atoms with Gasteiger partial charge in [-0.1, -0.05) is 24.3 Å². The topological polar surface area (TPSA) is 42.2 Å². The molecule has 0 aromatic heterocycles. The van der Waals surface area contributed by atoms with Crippen molar-refractivity contribution >= 4 is 0 Å². The number of hydrogen-bond acceptors (Lipinski definition) is 3. The van der Waals surface area contributed by atoms with Crippen molar-refractivity contribution in [1.29, 1.82) is 5.26 Å². The summed E-state index contributed by atoms with van der Waals surface area (Å²) in [6.45, 7) is 1.63. The van der Waals surface area contributed by atoms with Gasteiger partial charge in [-0.3, -0.25) is 0 Å². The summed E-state index contributed by atoms with van der Waals surface area (Å²) in [5.74, 6) is -4.53. The Kier molecular flexibility index (Phi) is 6.51. The van der Waals surface area contributed by atoms with Crippen molar-refractivity contribution in [2.24, 2.45) is 0 Å². The van der Waals surface area contributed by atoms with Crippen LogP contribution in [0, 0.1) is 34.6 Å². The molecule has 4 aromatic rings. The quantitative estimate of drug-likeness (QED) is 0.172. The lowest BCUT2D eigenvalue weighted by Crippen LogP contribution is -2.19. The van der Waals surface area contributed by atoms with E-state index in [1.165, 1.54) is 12.1 Å². The van der Waals surface area contributed by atoms with Crippen LogP contribution in [-0.4, -0.2) is 6.29 Å². The van der Waals surface area contributed by atoms with Gasteiger partial charge in [0.2, 0.25) is 6.29 Å². The largest absolute Gasteiger partial charge is 0.455 e. The molecule has 4 rings (SSSR count). The van der Waals surface area contributed by atoms with E-state index in [-0.39, 0.29) is 16.9 Å². The van der Waals surface area contributed by atoms with Crippen LogP contribution in [0.4, 0.5) is 17.6 Å². The van der Waals surface area contributed by atoms with Crippen molar-refractivity contribution in [3.63, 3.8) is 0 Å². The van der Waals surface area contributed by atoms with Crippen molar-refractivity contribution < 1.29 is 27.0 Å². The minimum absolute atomic E-state index is 0.0999. The summed E-state index contributed by atoms with van der Waals surface area (Å²) < 4.78 is 66.0. The van der Waals surface area contributed by atoms with Gasteiger partial charge in [-0.2, -0.15) is 5.26 Å². The van der Waals surface area contributed by atoms with Crippen LogP contribution >= 0.6 is 0 Å². The van der Waals surface area contributed by atoms with Gasteiger partial charge in [0.1, 0.15) is 17.3 Å². The lowest BCUT2D eigenvalue weighted by molar-refractivity contribution is 0.0221. The highest BCUT2D eigenvalue weighted by atomic mass is 19.2. The Hall–Kier alpha value is -4.31. The van der Waals surface area contributed by atoms with E-state index in [4.69, 9.17) is 14.7 Å². The number of halogens is 4. The molecule has 0 fully saturated rings. The summed E-state index contributed by atoms with van der Waals surface area (Å²) >= 11 is 0. The third kappa shape index (κ3) is 5.02. The maximum Gasteiger partial charge on any atom is 0.238 e. The van der Waals surface area contributed by atoms with Crippen molar-refractivity contribution in [2.45, 2.75) is 13.2 Å². The van der Waals surface area contributed by atoms with Gasteiger partial charge in [0.05, 0.1) is 11.6 Å². The summed E-state index contributed by atoms with van der Waals surface area (Å²) in [7, 11) is 0. The minimum Gasteiger partial charge on any atom is -0.455 e. The Morgan fingerprint density at radius 1 is 0.647 bits per heavy atom. The van der Waals surface area contributed by atoms with E-state index < -0.39 is 29.6 Å². The molecule has 0 saturated heterocycles. The summed E-state index contributed by atoms with van der Waals surface area (Å²) in [4.78, 5) is 0. The smallest absolute Gasteiger partial charge is 0.238 e. The Morgan fingerprint density at radius 2 is 1.18 bits per heavy atom. The zero-order valence-corrected chi connectivity index (χ0v) is 17.9. The van der Waals surface area contributed by atoms with Crippen LogP contribution in [0.3, 0.4) is 0 Å². The molecule has 1 atom stereocenters. The van der Waals surface area contributed by atoms with E-state index >= 15 is 0 Å². The molecule has 0 aliphatic rings. The zero-order chi connectivity index (χ0) is 24.2. The fraction of sp³-hybridized carbons (Fsp3) is 0.0741. The maximum atomic E-state index is 14.6. The Morgan fingerprint density at radius 3 is 1.74 bits per heavy atom. The first-order chi connectivity index (χ1) is 16.3. The second kappa shape index (κ2) is 9.67. The summed E-state index contributed by atoms with van der Waals surface area (Å²) in [6.07, 6.45) is -0.772.